The summed E-state index contributed by atoms with van der Waals surface area (Å²) in [6, 6.07) is 21.5. The smallest absolute Gasteiger partial charge is 0.256 e. The van der Waals surface area contributed by atoms with Gasteiger partial charge in [0.2, 0.25) is 0 Å². The van der Waals surface area contributed by atoms with Crippen LogP contribution in [0.5, 0.6) is 0 Å². The fourth-order valence-corrected chi connectivity index (χ4v) is 3.20. The number of benzene rings is 2. The second kappa shape index (κ2) is 6.77. The van der Waals surface area contributed by atoms with Crippen LogP contribution in [0.1, 0.15) is 22.3 Å². The second-order valence-electron chi connectivity index (χ2n) is 6.11. The van der Waals surface area contributed by atoms with E-state index in [-0.39, 0.29) is 5.91 Å². The van der Waals surface area contributed by atoms with Gasteiger partial charge in [-0.25, -0.2) is 4.98 Å². The number of carbonyl (C=O) groups is 1. The van der Waals surface area contributed by atoms with Crippen molar-refractivity contribution in [2.45, 2.75) is 12.8 Å². The highest BCUT2D eigenvalue weighted by Gasteiger charge is 2.18. The molecule has 0 unspecified atom stereocenters. The molecule has 0 saturated heterocycles. The first-order valence-corrected chi connectivity index (χ1v) is 8.49. The number of fused-ring (bicyclic) bond motifs is 1. The molecular formula is C21H19N3O. The number of aryl methyl sites for hydroxylation is 1. The fraction of sp³-hybridized carbons (Fsp3) is 0.143. The normalized spacial score (nSPS) is 13.2. The van der Waals surface area contributed by atoms with Gasteiger partial charge in [0.15, 0.2) is 0 Å². The number of aromatic nitrogens is 1. The van der Waals surface area contributed by atoms with Crippen molar-refractivity contribution in [3.8, 4) is 0 Å². The van der Waals surface area contributed by atoms with Crippen molar-refractivity contribution >= 4 is 23.1 Å². The minimum atomic E-state index is -0.149. The van der Waals surface area contributed by atoms with Gasteiger partial charge in [0.05, 0.1) is 11.9 Å². The van der Waals surface area contributed by atoms with Crippen molar-refractivity contribution in [3.05, 3.63) is 84.1 Å². The van der Waals surface area contributed by atoms with Crippen molar-refractivity contribution in [1.82, 2.24) is 4.98 Å². The molecule has 1 aromatic heterocycles. The Kier molecular flexibility index (Phi) is 4.17. The summed E-state index contributed by atoms with van der Waals surface area (Å²) in [6.07, 6.45) is 4.07. The van der Waals surface area contributed by atoms with Gasteiger partial charge in [-0.2, -0.15) is 0 Å². The SMILES string of the molecule is O=C(Nc1ccc(N2CCCc3ccccc32)cn1)c1ccccc1. The minimum Gasteiger partial charge on any atom is -0.340 e. The summed E-state index contributed by atoms with van der Waals surface area (Å²) >= 11 is 0. The van der Waals surface area contributed by atoms with Crippen molar-refractivity contribution < 1.29 is 4.79 Å². The van der Waals surface area contributed by atoms with Gasteiger partial charge >= 0.3 is 0 Å². The van der Waals surface area contributed by atoms with Gasteiger partial charge in [0.25, 0.3) is 5.91 Å². The van der Waals surface area contributed by atoms with Crippen LogP contribution >= 0.6 is 0 Å². The molecule has 1 aliphatic heterocycles. The third-order valence-electron chi connectivity index (χ3n) is 4.45. The lowest BCUT2D eigenvalue weighted by molar-refractivity contribution is 0.102. The fourth-order valence-electron chi connectivity index (χ4n) is 3.20. The van der Waals surface area contributed by atoms with Crippen molar-refractivity contribution in [2.24, 2.45) is 0 Å². The predicted octanol–water partition coefficient (Wildman–Crippen LogP) is 4.42. The quantitative estimate of drug-likeness (QED) is 0.774. The Morgan fingerprint density at radius 2 is 1.76 bits per heavy atom. The van der Waals surface area contributed by atoms with E-state index in [1.807, 2.05) is 36.5 Å². The van der Waals surface area contributed by atoms with Gasteiger partial charge in [-0.1, -0.05) is 36.4 Å². The van der Waals surface area contributed by atoms with Gasteiger partial charge in [0.1, 0.15) is 5.82 Å². The summed E-state index contributed by atoms with van der Waals surface area (Å²) in [5.41, 5.74) is 4.29. The van der Waals surface area contributed by atoms with Crippen LogP contribution in [0.25, 0.3) is 0 Å². The van der Waals surface area contributed by atoms with Crippen molar-refractivity contribution in [1.29, 1.82) is 0 Å². The number of anilines is 3. The molecule has 25 heavy (non-hydrogen) atoms. The Labute approximate surface area is 147 Å². The molecule has 0 spiro atoms. The van der Waals surface area contributed by atoms with Gasteiger partial charge in [-0.15, -0.1) is 0 Å². The molecule has 124 valence electrons. The highest BCUT2D eigenvalue weighted by molar-refractivity contribution is 6.03. The predicted molar refractivity (Wildman–Crippen MR) is 100 cm³/mol. The number of para-hydroxylation sites is 1. The maximum Gasteiger partial charge on any atom is 0.256 e. The average Bonchev–Trinajstić information content (AvgIpc) is 2.69. The van der Waals surface area contributed by atoms with Crippen molar-refractivity contribution in [2.75, 3.05) is 16.8 Å². The van der Waals surface area contributed by atoms with E-state index in [1.165, 1.54) is 11.3 Å². The highest BCUT2D eigenvalue weighted by atomic mass is 16.1. The summed E-state index contributed by atoms with van der Waals surface area (Å²) in [6.45, 7) is 0.981. The largest absolute Gasteiger partial charge is 0.340 e. The Morgan fingerprint density at radius 1 is 0.960 bits per heavy atom. The molecule has 0 bridgehead atoms. The first-order valence-electron chi connectivity index (χ1n) is 8.49. The summed E-state index contributed by atoms with van der Waals surface area (Å²) in [4.78, 5) is 18.9. The summed E-state index contributed by atoms with van der Waals surface area (Å²) < 4.78 is 0. The van der Waals surface area contributed by atoms with E-state index in [1.54, 1.807) is 12.1 Å². The van der Waals surface area contributed by atoms with Crippen LogP contribution in [0.3, 0.4) is 0 Å². The van der Waals surface area contributed by atoms with Crippen LogP contribution in [0.4, 0.5) is 17.2 Å². The molecule has 1 aliphatic rings. The maximum absolute atomic E-state index is 12.2. The van der Waals surface area contributed by atoms with Crippen LogP contribution in [0, 0.1) is 0 Å². The molecule has 4 nitrogen and oxygen atoms in total. The lowest BCUT2D eigenvalue weighted by Crippen LogP contribution is -2.24. The number of hydrogen-bond donors (Lipinski definition) is 1. The number of nitrogens with one attached hydrogen (secondary N) is 1. The van der Waals surface area contributed by atoms with Gasteiger partial charge in [0, 0.05) is 17.8 Å². The topological polar surface area (TPSA) is 45.2 Å². The number of pyridine rings is 1. The summed E-state index contributed by atoms with van der Waals surface area (Å²) in [7, 11) is 0. The molecular weight excluding hydrogens is 310 g/mol. The molecule has 0 atom stereocenters. The van der Waals surface area contributed by atoms with Crippen LogP contribution in [-0.2, 0) is 6.42 Å². The Morgan fingerprint density at radius 3 is 2.56 bits per heavy atom. The average molecular weight is 329 g/mol. The van der Waals surface area contributed by atoms with E-state index in [4.69, 9.17) is 0 Å². The number of nitrogens with zero attached hydrogens (tertiary/aromatic N) is 2. The molecule has 4 rings (SSSR count). The standard InChI is InChI=1S/C21H19N3O/c25-21(17-8-2-1-3-9-17)23-20-13-12-18(15-22-20)24-14-6-10-16-7-4-5-11-19(16)24/h1-5,7-9,11-13,15H,6,10,14H2,(H,22,23,25). The van der Waals surface area contributed by atoms with E-state index >= 15 is 0 Å². The number of rotatable bonds is 3. The van der Waals surface area contributed by atoms with E-state index in [2.05, 4.69) is 39.5 Å². The van der Waals surface area contributed by atoms with E-state index < -0.39 is 0 Å². The maximum atomic E-state index is 12.2. The lowest BCUT2D eigenvalue weighted by Gasteiger charge is -2.31. The van der Waals surface area contributed by atoms with Crippen LogP contribution < -0.4 is 10.2 Å². The second-order valence-corrected chi connectivity index (χ2v) is 6.11. The van der Waals surface area contributed by atoms with Gasteiger partial charge < -0.3 is 10.2 Å². The zero-order valence-corrected chi connectivity index (χ0v) is 13.9. The molecule has 0 saturated carbocycles. The molecule has 1 N–H and O–H groups in total. The monoisotopic (exact) mass is 329 g/mol. The Hall–Kier alpha value is -3.14. The highest BCUT2D eigenvalue weighted by Crippen LogP contribution is 2.33. The molecule has 0 aliphatic carbocycles. The first kappa shape index (κ1) is 15.4. The molecule has 3 aromatic rings. The van der Waals surface area contributed by atoms with Crippen LogP contribution in [-0.4, -0.2) is 17.4 Å². The Bertz CT molecular complexity index is 875. The van der Waals surface area contributed by atoms with E-state index in [9.17, 15) is 4.79 Å². The summed E-state index contributed by atoms with van der Waals surface area (Å²) in [5, 5.41) is 2.84. The number of amides is 1. The van der Waals surface area contributed by atoms with Crippen LogP contribution in [0.2, 0.25) is 0 Å². The van der Waals surface area contributed by atoms with E-state index in [0.29, 0.717) is 11.4 Å². The number of hydrogen-bond acceptors (Lipinski definition) is 3. The van der Waals surface area contributed by atoms with Crippen molar-refractivity contribution in [3.63, 3.8) is 0 Å². The first-order chi connectivity index (χ1) is 12.3. The van der Waals surface area contributed by atoms with Gasteiger partial charge in [-0.05, 0) is 48.7 Å². The Balaban J connectivity index is 1.52. The minimum absolute atomic E-state index is 0.149. The third kappa shape index (κ3) is 3.24. The summed E-state index contributed by atoms with van der Waals surface area (Å²) in [5.74, 6) is 0.409. The third-order valence-corrected chi connectivity index (χ3v) is 4.45. The molecule has 0 fully saturated rings. The van der Waals surface area contributed by atoms with Crippen LogP contribution in [0.15, 0.2) is 72.9 Å². The molecule has 4 heteroatoms. The molecule has 0 radical (unpaired) electrons. The zero-order chi connectivity index (χ0) is 17.1. The molecule has 2 aromatic carbocycles. The molecule has 2 heterocycles. The van der Waals surface area contributed by atoms with Gasteiger partial charge in [-0.3, -0.25) is 4.79 Å². The zero-order valence-electron chi connectivity index (χ0n) is 13.9. The lowest BCUT2D eigenvalue weighted by atomic mass is 10.0. The molecule has 1 amide bonds. The van der Waals surface area contributed by atoms with E-state index in [0.717, 1.165) is 25.1 Å². The number of carbonyl (C=O) groups excluding carboxylic acids is 1.